The molecule has 1 rings (SSSR count). The first-order valence-corrected chi connectivity index (χ1v) is 3.19. The molecule has 0 atom stereocenters. The first-order valence-electron chi connectivity index (χ1n) is 2.36. The zero-order valence-electron chi connectivity index (χ0n) is 4.83. The third-order valence-corrected chi connectivity index (χ3v) is 1.84. The Morgan fingerprint density at radius 1 is 1.78 bits per heavy atom. The van der Waals surface area contributed by atoms with Crippen molar-refractivity contribution >= 4 is 17.8 Å². The predicted octanol–water partition coefficient (Wildman–Crippen LogP) is 0.259. The van der Waals surface area contributed by atoms with E-state index in [2.05, 4.69) is 0 Å². The number of nitrogens with zero attached hydrogens (tertiary/aromatic N) is 1. The van der Waals surface area contributed by atoms with Gasteiger partial charge in [0.2, 0.25) is 0 Å². The fraction of sp³-hybridized carbons (Fsp3) is 0.200. The molecule has 0 aliphatic heterocycles. The van der Waals surface area contributed by atoms with Crippen LogP contribution in [0.5, 0.6) is 0 Å². The van der Waals surface area contributed by atoms with E-state index in [1.54, 1.807) is 7.05 Å². The fourth-order valence-electron chi connectivity index (χ4n) is 0.494. The Labute approximate surface area is 55.7 Å². The lowest BCUT2D eigenvalue weighted by Crippen LogP contribution is -2.11. The van der Waals surface area contributed by atoms with Crippen LogP contribution in [0.1, 0.15) is 10.4 Å². The summed E-state index contributed by atoms with van der Waals surface area (Å²) in [6.45, 7) is 0. The second kappa shape index (κ2) is 2.14. The molecule has 1 heterocycles. The van der Waals surface area contributed by atoms with Crippen molar-refractivity contribution in [2.45, 2.75) is 0 Å². The summed E-state index contributed by atoms with van der Waals surface area (Å²) in [6, 6.07) is 0. The molecule has 0 fully saturated rings. The molecule has 0 radical (unpaired) electrons. The van der Waals surface area contributed by atoms with Crippen molar-refractivity contribution in [1.82, 2.24) is 3.96 Å². The van der Waals surface area contributed by atoms with E-state index in [1.807, 2.05) is 0 Å². The van der Waals surface area contributed by atoms with E-state index < -0.39 is 0 Å². The zero-order chi connectivity index (χ0) is 6.85. The summed E-state index contributed by atoms with van der Waals surface area (Å²) in [5.41, 5.74) is 0.0255. The molecule has 0 unspecified atom stereocenters. The van der Waals surface area contributed by atoms with Crippen LogP contribution in [0.15, 0.2) is 10.2 Å². The van der Waals surface area contributed by atoms with Gasteiger partial charge in [0.1, 0.15) is 0 Å². The van der Waals surface area contributed by atoms with Crippen LogP contribution in [0, 0.1) is 0 Å². The summed E-state index contributed by atoms with van der Waals surface area (Å²) in [5.74, 6) is 0. The molecule has 9 heavy (non-hydrogen) atoms. The highest BCUT2D eigenvalue weighted by Crippen LogP contribution is 1.93. The van der Waals surface area contributed by atoms with Crippen LogP contribution in [-0.4, -0.2) is 10.2 Å². The highest BCUT2D eigenvalue weighted by molar-refractivity contribution is 7.04. The molecule has 1 aromatic rings. The first-order chi connectivity index (χ1) is 4.25. The van der Waals surface area contributed by atoms with Gasteiger partial charge in [-0.1, -0.05) is 11.5 Å². The monoisotopic (exact) mass is 143 g/mol. The minimum absolute atomic E-state index is 0.213. The van der Waals surface area contributed by atoms with Gasteiger partial charge in [-0.05, 0) is 0 Å². The lowest BCUT2D eigenvalue weighted by molar-refractivity contribution is 0.112. The van der Waals surface area contributed by atoms with Crippen LogP contribution >= 0.6 is 11.5 Å². The van der Waals surface area contributed by atoms with Crippen LogP contribution in [-0.2, 0) is 7.05 Å². The smallest absolute Gasteiger partial charge is 0.270 e. The van der Waals surface area contributed by atoms with Gasteiger partial charge in [0.25, 0.3) is 5.56 Å². The topological polar surface area (TPSA) is 39.1 Å². The predicted molar refractivity (Wildman–Crippen MR) is 34.9 cm³/mol. The molecule has 3 nitrogen and oxygen atoms in total. The van der Waals surface area contributed by atoms with Gasteiger partial charge in [0.15, 0.2) is 6.29 Å². The van der Waals surface area contributed by atoms with E-state index in [0.717, 1.165) is 0 Å². The molecule has 0 bridgehead atoms. The zero-order valence-corrected chi connectivity index (χ0v) is 5.64. The van der Waals surface area contributed by atoms with Crippen molar-refractivity contribution in [2.24, 2.45) is 7.05 Å². The number of aldehydes is 1. The Morgan fingerprint density at radius 2 is 2.44 bits per heavy atom. The molecule has 1 aromatic heterocycles. The van der Waals surface area contributed by atoms with Crippen LogP contribution in [0.3, 0.4) is 0 Å². The normalized spacial score (nSPS) is 9.44. The maximum atomic E-state index is 10.7. The van der Waals surface area contributed by atoms with Crippen molar-refractivity contribution in [2.75, 3.05) is 0 Å². The van der Waals surface area contributed by atoms with E-state index in [4.69, 9.17) is 0 Å². The Bertz CT molecular complexity index is 273. The van der Waals surface area contributed by atoms with Gasteiger partial charge in [0, 0.05) is 12.4 Å². The van der Waals surface area contributed by atoms with Crippen molar-refractivity contribution in [3.05, 3.63) is 21.3 Å². The molecule has 0 saturated heterocycles. The molecule has 0 saturated carbocycles. The lowest BCUT2D eigenvalue weighted by Gasteiger charge is -1.78. The number of hydrogen-bond acceptors (Lipinski definition) is 3. The molecule has 4 heteroatoms. The molecular formula is C5H5NO2S. The molecule has 48 valence electrons. The number of rotatable bonds is 1. The van der Waals surface area contributed by atoms with Gasteiger partial charge in [0.05, 0.1) is 5.56 Å². The second-order valence-corrected chi connectivity index (χ2v) is 2.59. The van der Waals surface area contributed by atoms with E-state index in [0.29, 0.717) is 6.29 Å². The van der Waals surface area contributed by atoms with Gasteiger partial charge in [-0.3, -0.25) is 13.5 Å². The summed E-state index contributed by atoms with van der Waals surface area (Å²) in [6.07, 6.45) is 0.568. The van der Waals surface area contributed by atoms with E-state index in [1.165, 1.54) is 20.9 Å². The van der Waals surface area contributed by atoms with Gasteiger partial charge in [-0.25, -0.2) is 0 Å². The highest BCUT2D eigenvalue weighted by Gasteiger charge is 1.99. The maximum absolute atomic E-state index is 10.7. The Hall–Kier alpha value is -0.900. The number of hydrogen-bond donors (Lipinski definition) is 0. The number of carbonyl (C=O) groups is 1. The van der Waals surface area contributed by atoms with Crippen LogP contribution < -0.4 is 5.56 Å². The van der Waals surface area contributed by atoms with Gasteiger partial charge < -0.3 is 0 Å². The summed E-state index contributed by atoms with van der Waals surface area (Å²) in [7, 11) is 1.62. The second-order valence-electron chi connectivity index (χ2n) is 1.60. The van der Waals surface area contributed by atoms with E-state index in [9.17, 15) is 9.59 Å². The van der Waals surface area contributed by atoms with Crippen molar-refractivity contribution in [3.63, 3.8) is 0 Å². The molecule has 0 aliphatic rings. The van der Waals surface area contributed by atoms with E-state index in [-0.39, 0.29) is 11.1 Å². The highest BCUT2D eigenvalue weighted by atomic mass is 32.1. The standard InChI is InChI=1S/C5H5NO2S/c1-6-5(8)4(2-7)3-9-6/h2-3H,1H3. The Kier molecular flexibility index (Phi) is 1.48. The molecule has 0 amide bonds. The Morgan fingerprint density at radius 3 is 2.67 bits per heavy atom. The van der Waals surface area contributed by atoms with Crippen molar-refractivity contribution < 1.29 is 4.79 Å². The lowest BCUT2D eigenvalue weighted by atomic mass is 10.4. The van der Waals surface area contributed by atoms with Crippen LogP contribution in [0.4, 0.5) is 0 Å². The minimum Gasteiger partial charge on any atom is -0.298 e. The summed E-state index contributed by atoms with van der Waals surface area (Å²) < 4.78 is 1.41. The largest absolute Gasteiger partial charge is 0.298 e. The summed E-state index contributed by atoms with van der Waals surface area (Å²) in [5, 5.41) is 1.54. The SMILES string of the molecule is Cn1scc(C=O)c1=O. The van der Waals surface area contributed by atoms with Crippen molar-refractivity contribution in [1.29, 1.82) is 0 Å². The van der Waals surface area contributed by atoms with Gasteiger partial charge >= 0.3 is 0 Å². The average Bonchev–Trinajstić information content (AvgIpc) is 2.15. The fourth-order valence-corrected chi connectivity index (χ4v) is 1.12. The third kappa shape index (κ3) is 0.929. The minimum atomic E-state index is -0.213. The van der Waals surface area contributed by atoms with Crippen LogP contribution in [0.2, 0.25) is 0 Å². The summed E-state index contributed by atoms with van der Waals surface area (Å²) in [4.78, 5) is 20.8. The van der Waals surface area contributed by atoms with Gasteiger partial charge in [-0.2, -0.15) is 0 Å². The maximum Gasteiger partial charge on any atom is 0.270 e. The molecular weight excluding hydrogens is 138 g/mol. The molecule has 0 N–H and O–H groups in total. The Balaban J connectivity index is 3.36. The first kappa shape index (κ1) is 6.22. The number of aryl methyl sites for hydroxylation is 1. The molecule has 0 spiro atoms. The number of aromatic nitrogens is 1. The van der Waals surface area contributed by atoms with Crippen LogP contribution in [0.25, 0.3) is 0 Å². The van der Waals surface area contributed by atoms with E-state index >= 15 is 0 Å². The summed E-state index contributed by atoms with van der Waals surface area (Å²) >= 11 is 1.23. The van der Waals surface area contributed by atoms with Crippen molar-refractivity contribution in [3.8, 4) is 0 Å². The third-order valence-electron chi connectivity index (χ3n) is 0.998. The average molecular weight is 143 g/mol. The van der Waals surface area contributed by atoms with Gasteiger partial charge in [-0.15, -0.1) is 0 Å². The molecule has 0 aliphatic carbocycles. The molecule has 0 aromatic carbocycles. The quantitative estimate of drug-likeness (QED) is 0.529. The number of carbonyl (C=O) groups excluding carboxylic acids is 1.